The van der Waals surface area contributed by atoms with E-state index in [2.05, 4.69) is 40.8 Å². The van der Waals surface area contributed by atoms with E-state index >= 15 is 0 Å². The Kier molecular flexibility index (Phi) is 4.59. The van der Waals surface area contributed by atoms with Gasteiger partial charge in [-0.1, -0.05) is 18.2 Å². The Morgan fingerprint density at radius 1 is 1.29 bits per heavy atom. The van der Waals surface area contributed by atoms with Gasteiger partial charge in [0, 0.05) is 36.9 Å². The molecule has 0 amide bonds. The van der Waals surface area contributed by atoms with Gasteiger partial charge in [-0.05, 0) is 31.5 Å². The predicted octanol–water partition coefficient (Wildman–Crippen LogP) is 2.68. The number of hydrogen-bond acceptors (Lipinski definition) is 2. The van der Waals surface area contributed by atoms with Crippen LogP contribution in [0.15, 0.2) is 30.5 Å². The van der Waals surface area contributed by atoms with Crippen LogP contribution < -0.4 is 5.32 Å². The van der Waals surface area contributed by atoms with Crippen molar-refractivity contribution in [3.8, 4) is 0 Å². The second-order valence-electron chi connectivity index (χ2n) is 4.09. The van der Waals surface area contributed by atoms with Gasteiger partial charge < -0.3 is 15.0 Å². The summed E-state index contributed by atoms with van der Waals surface area (Å²) in [4.78, 5) is 3.28. The molecule has 1 heterocycles. The third-order valence-corrected chi connectivity index (χ3v) is 2.84. The van der Waals surface area contributed by atoms with Crippen LogP contribution in [0, 0.1) is 0 Å². The highest BCUT2D eigenvalue weighted by atomic mass is 16.5. The number of nitrogens with one attached hydrogen (secondary N) is 2. The quantitative estimate of drug-likeness (QED) is 0.720. The number of hydrogen-bond donors (Lipinski definition) is 2. The topological polar surface area (TPSA) is 37.0 Å². The molecule has 17 heavy (non-hydrogen) atoms. The van der Waals surface area contributed by atoms with Crippen LogP contribution in [0.3, 0.4) is 0 Å². The molecule has 0 saturated carbocycles. The van der Waals surface area contributed by atoms with Crippen molar-refractivity contribution >= 4 is 10.9 Å². The highest BCUT2D eigenvalue weighted by Crippen LogP contribution is 2.16. The lowest BCUT2D eigenvalue weighted by Gasteiger charge is -2.04. The molecule has 3 heteroatoms. The van der Waals surface area contributed by atoms with E-state index in [1.54, 1.807) is 0 Å². The normalized spacial score (nSPS) is 11.1. The number of para-hydroxylation sites is 1. The molecule has 1 aromatic heterocycles. The zero-order valence-electron chi connectivity index (χ0n) is 10.3. The first-order valence-electron chi connectivity index (χ1n) is 6.25. The number of ether oxygens (including phenoxy) is 1. The summed E-state index contributed by atoms with van der Waals surface area (Å²) in [5, 5.41) is 4.75. The van der Waals surface area contributed by atoms with E-state index in [1.165, 1.54) is 16.5 Å². The Morgan fingerprint density at radius 3 is 3.06 bits per heavy atom. The van der Waals surface area contributed by atoms with Crippen molar-refractivity contribution in [1.29, 1.82) is 0 Å². The molecule has 0 unspecified atom stereocenters. The number of H-pyrrole nitrogens is 1. The maximum absolute atomic E-state index is 5.29. The lowest BCUT2D eigenvalue weighted by atomic mass is 10.2. The molecule has 0 bridgehead atoms. The van der Waals surface area contributed by atoms with Crippen LogP contribution in [0.1, 0.15) is 18.9 Å². The molecule has 1 aromatic carbocycles. The summed E-state index contributed by atoms with van der Waals surface area (Å²) < 4.78 is 5.29. The summed E-state index contributed by atoms with van der Waals surface area (Å²) in [5.41, 5.74) is 2.54. The van der Waals surface area contributed by atoms with Crippen LogP contribution in [0.25, 0.3) is 10.9 Å². The fraction of sp³-hybridized carbons (Fsp3) is 0.429. The SMILES string of the molecule is CCOCCCNCc1c[nH]c2ccccc12. The highest BCUT2D eigenvalue weighted by molar-refractivity contribution is 5.82. The van der Waals surface area contributed by atoms with E-state index < -0.39 is 0 Å². The van der Waals surface area contributed by atoms with Crippen molar-refractivity contribution < 1.29 is 4.74 Å². The largest absolute Gasteiger partial charge is 0.382 e. The number of rotatable bonds is 7. The molecule has 0 radical (unpaired) electrons. The molecule has 0 atom stereocenters. The minimum atomic E-state index is 0.808. The maximum atomic E-state index is 5.29. The summed E-state index contributed by atoms with van der Waals surface area (Å²) in [6.45, 7) is 5.59. The third kappa shape index (κ3) is 3.32. The van der Waals surface area contributed by atoms with Crippen LogP contribution >= 0.6 is 0 Å². The van der Waals surface area contributed by atoms with Gasteiger partial charge in [-0.2, -0.15) is 0 Å². The third-order valence-electron chi connectivity index (χ3n) is 2.84. The molecule has 2 aromatic rings. The average Bonchev–Trinajstić information content (AvgIpc) is 2.77. The molecule has 0 aliphatic carbocycles. The first-order chi connectivity index (χ1) is 8.42. The van der Waals surface area contributed by atoms with Crippen LogP contribution in [0.2, 0.25) is 0 Å². The van der Waals surface area contributed by atoms with Crippen molar-refractivity contribution in [3.63, 3.8) is 0 Å². The highest BCUT2D eigenvalue weighted by Gasteiger charge is 2.01. The Bertz CT molecular complexity index is 450. The van der Waals surface area contributed by atoms with Gasteiger partial charge in [0.25, 0.3) is 0 Å². The Labute approximate surface area is 102 Å². The van der Waals surface area contributed by atoms with Gasteiger partial charge in [-0.15, -0.1) is 0 Å². The van der Waals surface area contributed by atoms with Gasteiger partial charge in [0.15, 0.2) is 0 Å². The second-order valence-corrected chi connectivity index (χ2v) is 4.09. The number of fused-ring (bicyclic) bond motifs is 1. The van der Waals surface area contributed by atoms with Crippen LogP contribution in [-0.4, -0.2) is 24.7 Å². The molecule has 2 N–H and O–H groups in total. The van der Waals surface area contributed by atoms with Gasteiger partial charge in [0.05, 0.1) is 0 Å². The monoisotopic (exact) mass is 232 g/mol. The van der Waals surface area contributed by atoms with E-state index in [9.17, 15) is 0 Å². The van der Waals surface area contributed by atoms with E-state index in [1.807, 2.05) is 6.92 Å². The van der Waals surface area contributed by atoms with Gasteiger partial charge in [0.2, 0.25) is 0 Å². The first-order valence-corrected chi connectivity index (χ1v) is 6.25. The molecule has 0 fully saturated rings. The summed E-state index contributed by atoms with van der Waals surface area (Å²) in [6.07, 6.45) is 3.15. The summed E-state index contributed by atoms with van der Waals surface area (Å²) in [7, 11) is 0. The van der Waals surface area contributed by atoms with Crippen molar-refractivity contribution in [2.75, 3.05) is 19.8 Å². The van der Waals surface area contributed by atoms with Gasteiger partial charge in [0.1, 0.15) is 0 Å². The molecular weight excluding hydrogens is 212 g/mol. The van der Waals surface area contributed by atoms with Crippen molar-refractivity contribution in [3.05, 3.63) is 36.0 Å². The van der Waals surface area contributed by atoms with Gasteiger partial charge >= 0.3 is 0 Å². The van der Waals surface area contributed by atoms with Crippen molar-refractivity contribution in [2.45, 2.75) is 19.9 Å². The first kappa shape index (κ1) is 12.1. The van der Waals surface area contributed by atoms with Crippen LogP contribution in [0.5, 0.6) is 0 Å². The summed E-state index contributed by atoms with van der Waals surface area (Å²) in [6, 6.07) is 8.39. The molecule has 0 aliphatic heterocycles. The lowest BCUT2D eigenvalue weighted by Crippen LogP contribution is -2.16. The molecule has 2 rings (SSSR count). The van der Waals surface area contributed by atoms with Gasteiger partial charge in [-0.3, -0.25) is 0 Å². The lowest BCUT2D eigenvalue weighted by molar-refractivity contribution is 0.144. The molecule has 92 valence electrons. The molecule has 3 nitrogen and oxygen atoms in total. The van der Waals surface area contributed by atoms with Crippen LogP contribution in [-0.2, 0) is 11.3 Å². The molecular formula is C14H20N2O. The zero-order chi connectivity index (χ0) is 11.9. The minimum absolute atomic E-state index is 0.808. The van der Waals surface area contributed by atoms with E-state index in [0.29, 0.717) is 0 Å². The Balaban J connectivity index is 1.79. The standard InChI is InChI=1S/C14H20N2O/c1-2-17-9-5-8-15-10-12-11-16-14-7-4-3-6-13(12)14/h3-4,6-7,11,15-16H,2,5,8-10H2,1H3. The zero-order valence-corrected chi connectivity index (χ0v) is 10.3. The van der Waals surface area contributed by atoms with E-state index in [4.69, 9.17) is 4.74 Å². The summed E-state index contributed by atoms with van der Waals surface area (Å²) in [5.74, 6) is 0. The van der Waals surface area contributed by atoms with Crippen LogP contribution in [0.4, 0.5) is 0 Å². The Hall–Kier alpha value is -1.32. The van der Waals surface area contributed by atoms with Crippen molar-refractivity contribution in [2.24, 2.45) is 0 Å². The average molecular weight is 232 g/mol. The predicted molar refractivity (Wildman–Crippen MR) is 71.1 cm³/mol. The van der Waals surface area contributed by atoms with E-state index in [-0.39, 0.29) is 0 Å². The number of aromatic nitrogens is 1. The minimum Gasteiger partial charge on any atom is -0.382 e. The summed E-state index contributed by atoms with van der Waals surface area (Å²) >= 11 is 0. The fourth-order valence-corrected chi connectivity index (χ4v) is 1.94. The smallest absolute Gasteiger partial charge is 0.0477 e. The van der Waals surface area contributed by atoms with Crippen molar-refractivity contribution in [1.82, 2.24) is 10.3 Å². The molecule has 0 spiro atoms. The fourth-order valence-electron chi connectivity index (χ4n) is 1.94. The number of benzene rings is 1. The second kappa shape index (κ2) is 6.42. The van der Waals surface area contributed by atoms with E-state index in [0.717, 1.165) is 32.7 Å². The Morgan fingerprint density at radius 2 is 2.18 bits per heavy atom. The molecule has 0 saturated heterocycles. The maximum Gasteiger partial charge on any atom is 0.0477 e. The van der Waals surface area contributed by atoms with Gasteiger partial charge in [-0.25, -0.2) is 0 Å². The molecule has 0 aliphatic rings. The number of aromatic amines is 1.